The van der Waals surface area contributed by atoms with Crippen molar-refractivity contribution in [2.45, 2.75) is 43.5 Å². The van der Waals surface area contributed by atoms with Crippen LogP contribution in [0.5, 0.6) is 0 Å². The summed E-state index contributed by atoms with van der Waals surface area (Å²) in [6.07, 6.45) is 3.70. The van der Waals surface area contributed by atoms with Gasteiger partial charge in [-0.05, 0) is 43.5 Å². The van der Waals surface area contributed by atoms with Crippen LogP contribution in [0.15, 0.2) is 29.2 Å². The Kier molecular flexibility index (Phi) is 4.45. The Morgan fingerprint density at radius 1 is 1.30 bits per heavy atom. The standard InChI is InChI=1S/C14H20N2O3S/c1-2-12-5-3-4-10-16(12)20(18,19)13-8-6-11(7-9-13)14(15)17/h6-9,12H,2-5,10H2,1H3,(H2,15,17)/t12-/m1/s1. The van der Waals surface area contributed by atoms with Gasteiger partial charge in [-0.25, -0.2) is 8.42 Å². The fourth-order valence-corrected chi connectivity index (χ4v) is 4.39. The predicted molar refractivity (Wildman–Crippen MR) is 76.8 cm³/mol. The first-order valence-electron chi connectivity index (χ1n) is 6.88. The molecule has 1 aromatic rings. The molecule has 1 heterocycles. The molecule has 0 unspecified atom stereocenters. The van der Waals surface area contributed by atoms with E-state index >= 15 is 0 Å². The van der Waals surface area contributed by atoms with Gasteiger partial charge in [0, 0.05) is 18.2 Å². The average Bonchev–Trinajstić information content (AvgIpc) is 2.47. The number of sulfonamides is 1. The van der Waals surface area contributed by atoms with Crippen LogP contribution in [0.4, 0.5) is 0 Å². The van der Waals surface area contributed by atoms with Crippen molar-refractivity contribution in [1.29, 1.82) is 0 Å². The first kappa shape index (κ1) is 15.0. The van der Waals surface area contributed by atoms with Crippen molar-refractivity contribution < 1.29 is 13.2 Å². The summed E-state index contributed by atoms with van der Waals surface area (Å²) in [4.78, 5) is 11.2. The fraction of sp³-hybridized carbons (Fsp3) is 0.500. The zero-order chi connectivity index (χ0) is 14.8. The van der Waals surface area contributed by atoms with E-state index < -0.39 is 15.9 Å². The Balaban J connectivity index is 2.31. The highest BCUT2D eigenvalue weighted by Gasteiger charge is 2.32. The van der Waals surface area contributed by atoms with Gasteiger partial charge in [0.2, 0.25) is 15.9 Å². The molecule has 0 aromatic heterocycles. The van der Waals surface area contributed by atoms with E-state index in [1.165, 1.54) is 24.3 Å². The number of rotatable bonds is 4. The lowest BCUT2D eigenvalue weighted by atomic mass is 10.0. The van der Waals surface area contributed by atoms with E-state index in [1.807, 2.05) is 6.92 Å². The molecule has 5 nitrogen and oxygen atoms in total. The smallest absolute Gasteiger partial charge is 0.248 e. The van der Waals surface area contributed by atoms with Crippen molar-refractivity contribution in [3.63, 3.8) is 0 Å². The number of piperidine rings is 1. The minimum atomic E-state index is -3.48. The average molecular weight is 296 g/mol. The molecule has 0 spiro atoms. The second-order valence-corrected chi connectivity index (χ2v) is 6.95. The highest BCUT2D eigenvalue weighted by Crippen LogP contribution is 2.26. The number of nitrogens with zero attached hydrogens (tertiary/aromatic N) is 1. The molecular formula is C14H20N2O3S. The van der Waals surface area contributed by atoms with Crippen LogP contribution in [0.25, 0.3) is 0 Å². The molecule has 2 N–H and O–H groups in total. The normalized spacial score (nSPS) is 20.8. The summed E-state index contributed by atoms with van der Waals surface area (Å²) in [5.74, 6) is -0.557. The molecule has 1 aromatic carbocycles. The van der Waals surface area contributed by atoms with Gasteiger partial charge in [-0.1, -0.05) is 13.3 Å². The van der Waals surface area contributed by atoms with Crippen molar-refractivity contribution in [3.05, 3.63) is 29.8 Å². The van der Waals surface area contributed by atoms with Crippen LogP contribution >= 0.6 is 0 Å². The maximum Gasteiger partial charge on any atom is 0.248 e. The first-order valence-corrected chi connectivity index (χ1v) is 8.32. The molecule has 2 rings (SSSR count). The molecule has 20 heavy (non-hydrogen) atoms. The Hall–Kier alpha value is -1.40. The first-order chi connectivity index (χ1) is 9.46. The molecule has 1 fully saturated rings. The molecular weight excluding hydrogens is 276 g/mol. The van der Waals surface area contributed by atoms with E-state index in [0.29, 0.717) is 12.1 Å². The van der Waals surface area contributed by atoms with E-state index in [2.05, 4.69) is 0 Å². The van der Waals surface area contributed by atoms with Gasteiger partial charge in [0.1, 0.15) is 0 Å². The molecule has 1 aliphatic heterocycles. The number of hydrogen-bond acceptors (Lipinski definition) is 3. The van der Waals surface area contributed by atoms with Crippen molar-refractivity contribution >= 4 is 15.9 Å². The third-order valence-corrected chi connectivity index (χ3v) is 5.76. The highest BCUT2D eigenvalue weighted by molar-refractivity contribution is 7.89. The summed E-state index contributed by atoms with van der Waals surface area (Å²) in [5.41, 5.74) is 5.47. The minimum absolute atomic E-state index is 0.0737. The number of carbonyl (C=O) groups excluding carboxylic acids is 1. The van der Waals surface area contributed by atoms with Gasteiger partial charge in [-0.2, -0.15) is 4.31 Å². The number of carbonyl (C=O) groups is 1. The molecule has 1 amide bonds. The van der Waals surface area contributed by atoms with Crippen molar-refractivity contribution in [2.75, 3.05) is 6.54 Å². The predicted octanol–water partition coefficient (Wildman–Crippen LogP) is 1.74. The van der Waals surface area contributed by atoms with Crippen LogP contribution in [0.3, 0.4) is 0 Å². The third kappa shape index (κ3) is 2.86. The lowest BCUT2D eigenvalue weighted by Gasteiger charge is -2.34. The van der Waals surface area contributed by atoms with Crippen LogP contribution in [0, 0.1) is 0 Å². The van der Waals surface area contributed by atoms with E-state index in [-0.39, 0.29) is 10.9 Å². The maximum atomic E-state index is 12.6. The Morgan fingerprint density at radius 2 is 1.95 bits per heavy atom. The molecule has 110 valence electrons. The maximum absolute atomic E-state index is 12.6. The summed E-state index contributed by atoms with van der Waals surface area (Å²) >= 11 is 0. The molecule has 0 saturated carbocycles. The Morgan fingerprint density at radius 3 is 2.50 bits per heavy atom. The van der Waals surface area contributed by atoms with E-state index in [0.717, 1.165) is 25.7 Å². The second kappa shape index (κ2) is 5.93. The fourth-order valence-electron chi connectivity index (χ4n) is 2.62. The molecule has 1 saturated heterocycles. The third-order valence-electron chi connectivity index (χ3n) is 3.79. The van der Waals surface area contributed by atoms with Crippen LogP contribution < -0.4 is 5.73 Å². The van der Waals surface area contributed by atoms with E-state index in [9.17, 15) is 13.2 Å². The summed E-state index contributed by atoms with van der Waals surface area (Å²) in [5, 5.41) is 0. The largest absolute Gasteiger partial charge is 0.366 e. The van der Waals surface area contributed by atoms with Gasteiger partial charge in [0.15, 0.2) is 0 Å². The Bertz CT molecular complexity index is 581. The summed E-state index contributed by atoms with van der Waals surface area (Å²) in [6, 6.07) is 5.90. The summed E-state index contributed by atoms with van der Waals surface area (Å²) < 4.78 is 26.9. The molecule has 1 aliphatic rings. The van der Waals surface area contributed by atoms with Gasteiger partial charge >= 0.3 is 0 Å². The topological polar surface area (TPSA) is 80.5 Å². The monoisotopic (exact) mass is 296 g/mol. The summed E-state index contributed by atoms with van der Waals surface area (Å²) in [7, 11) is -3.48. The van der Waals surface area contributed by atoms with Crippen LogP contribution in [-0.4, -0.2) is 31.2 Å². The molecule has 0 radical (unpaired) electrons. The number of hydrogen-bond donors (Lipinski definition) is 1. The van der Waals surface area contributed by atoms with Gasteiger partial charge in [-0.15, -0.1) is 0 Å². The molecule has 0 bridgehead atoms. The highest BCUT2D eigenvalue weighted by atomic mass is 32.2. The van der Waals surface area contributed by atoms with Gasteiger partial charge < -0.3 is 5.73 Å². The minimum Gasteiger partial charge on any atom is -0.366 e. The second-order valence-electron chi connectivity index (χ2n) is 5.06. The number of primary amides is 1. The van der Waals surface area contributed by atoms with Gasteiger partial charge in [0.05, 0.1) is 4.90 Å². The number of benzene rings is 1. The van der Waals surface area contributed by atoms with Gasteiger partial charge in [-0.3, -0.25) is 4.79 Å². The van der Waals surface area contributed by atoms with E-state index in [1.54, 1.807) is 4.31 Å². The van der Waals surface area contributed by atoms with Crippen LogP contribution in [-0.2, 0) is 10.0 Å². The SMILES string of the molecule is CC[C@@H]1CCCCN1S(=O)(=O)c1ccc(C(N)=O)cc1. The van der Waals surface area contributed by atoms with Gasteiger partial charge in [0.25, 0.3) is 0 Å². The molecule has 1 atom stereocenters. The molecule has 6 heteroatoms. The molecule has 0 aliphatic carbocycles. The zero-order valence-corrected chi connectivity index (χ0v) is 12.4. The quantitative estimate of drug-likeness (QED) is 0.919. The number of amides is 1. The lowest BCUT2D eigenvalue weighted by molar-refractivity contribution is 0.1000. The van der Waals surface area contributed by atoms with Crippen molar-refractivity contribution in [2.24, 2.45) is 5.73 Å². The summed E-state index contributed by atoms with van der Waals surface area (Å²) in [6.45, 7) is 2.58. The lowest BCUT2D eigenvalue weighted by Crippen LogP contribution is -2.43. The van der Waals surface area contributed by atoms with Crippen LogP contribution in [0.1, 0.15) is 43.0 Å². The Labute approximate surface area is 119 Å². The van der Waals surface area contributed by atoms with Crippen molar-refractivity contribution in [1.82, 2.24) is 4.31 Å². The van der Waals surface area contributed by atoms with Crippen molar-refractivity contribution in [3.8, 4) is 0 Å². The van der Waals surface area contributed by atoms with Crippen LogP contribution in [0.2, 0.25) is 0 Å². The number of nitrogens with two attached hydrogens (primary N) is 1. The van der Waals surface area contributed by atoms with E-state index in [4.69, 9.17) is 5.73 Å². The zero-order valence-electron chi connectivity index (χ0n) is 11.6.